The van der Waals surface area contributed by atoms with Crippen molar-refractivity contribution < 1.29 is 8.42 Å². The second-order valence-corrected chi connectivity index (χ2v) is 8.05. The number of rotatable bonds is 9. The van der Waals surface area contributed by atoms with Gasteiger partial charge in [-0.05, 0) is 37.3 Å². The minimum atomic E-state index is -2.86. The van der Waals surface area contributed by atoms with Gasteiger partial charge in [0.25, 0.3) is 0 Å². The van der Waals surface area contributed by atoms with E-state index < -0.39 is 9.84 Å². The van der Waals surface area contributed by atoms with E-state index in [0.29, 0.717) is 6.42 Å². The molecule has 1 aromatic carbocycles. The van der Waals surface area contributed by atoms with Crippen LogP contribution in [0.25, 0.3) is 0 Å². The van der Waals surface area contributed by atoms with Crippen molar-refractivity contribution in [3.05, 3.63) is 29.8 Å². The van der Waals surface area contributed by atoms with Crippen LogP contribution in [-0.2, 0) is 9.84 Å². The molecule has 1 atom stereocenters. The van der Waals surface area contributed by atoms with Crippen molar-refractivity contribution in [1.82, 2.24) is 5.32 Å². The highest BCUT2D eigenvalue weighted by Crippen LogP contribution is 2.28. The molecule has 0 aliphatic carbocycles. The molecule has 0 spiro atoms. The van der Waals surface area contributed by atoms with E-state index in [2.05, 4.69) is 30.6 Å². The van der Waals surface area contributed by atoms with Gasteiger partial charge in [0.15, 0.2) is 0 Å². The lowest BCUT2D eigenvalue weighted by molar-refractivity contribution is 0.500. The fourth-order valence-electron chi connectivity index (χ4n) is 2.22. The summed E-state index contributed by atoms with van der Waals surface area (Å²) < 4.78 is 23.1. The van der Waals surface area contributed by atoms with Gasteiger partial charge in [-0.15, -0.1) is 11.8 Å². The molecule has 1 rings (SSSR count). The van der Waals surface area contributed by atoms with Crippen molar-refractivity contribution in [3.8, 4) is 0 Å². The fourth-order valence-corrected chi connectivity index (χ4v) is 3.78. The van der Waals surface area contributed by atoms with Crippen molar-refractivity contribution in [2.75, 3.05) is 24.3 Å². The summed E-state index contributed by atoms with van der Waals surface area (Å²) in [5, 5.41) is 3.47. The first-order valence-electron chi connectivity index (χ1n) is 7.10. The molecule has 0 fully saturated rings. The van der Waals surface area contributed by atoms with E-state index in [1.54, 1.807) is 18.7 Å². The third-order valence-corrected chi connectivity index (χ3v) is 5.95. The van der Waals surface area contributed by atoms with Crippen LogP contribution in [0, 0.1) is 0 Å². The van der Waals surface area contributed by atoms with Gasteiger partial charge in [0.05, 0.1) is 5.75 Å². The summed E-state index contributed by atoms with van der Waals surface area (Å²) in [6, 6.07) is 8.57. The number of nitrogens with one attached hydrogen (secondary N) is 1. The van der Waals surface area contributed by atoms with Gasteiger partial charge < -0.3 is 5.32 Å². The van der Waals surface area contributed by atoms with Crippen LogP contribution in [0.2, 0.25) is 0 Å². The molecule has 1 aromatic rings. The molecular formula is C15H25NO2S2. The third kappa shape index (κ3) is 5.46. The lowest BCUT2D eigenvalue weighted by Crippen LogP contribution is -2.22. The molecule has 5 heteroatoms. The van der Waals surface area contributed by atoms with Gasteiger partial charge in [-0.25, -0.2) is 8.42 Å². The molecule has 0 aromatic heterocycles. The van der Waals surface area contributed by atoms with E-state index in [1.807, 2.05) is 12.1 Å². The van der Waals surface area contributed by atoms with Crippen molar-refractivity contribution in [2.45, 2.75) is 37.6 Å². The topological polar surface area (TPSA) is 46.2 Å². The molecule has 3 nitrogen and oxygen atoms in total. The summed E-state index contributed by atoms with van der Waals surface area (Å²) in [5.41, 5.74) is 1.27. The van der Waals surface area contributed by atoms with Crippen LogP contribution in [0.4, 0.5) is 0 Å². The Morgan fingerprint density at radius 2 is 1.95 bits per heavy atom. The maximum atomic E-state index is 11.6. The fraction of sp³-hybridized carbons (Fsp3) is 0.600. The quantitative estimate of drug-likeness (QED) is 0.710. The van der Waals surface area contributed by atoms with Crippen LogP contribution in [0.5, 0.6) is 0 Å². The van der Waals surface area contributed by atoms with Crippen molar-refractivity contribution in [2.24, 2.45) is 0 Å². The Bertz CT molecular complexity index is 500. The highest BCUT2D eigenvalue weighted by Gasteiger charge is 2.15. The number of hydrogen-bond donors (Lipinski definition) is 1. The predicted octanol–water partition coefficient (Wildman–Crippen LogP) is 3.27. The smallest absolute Gasteiger partial charge is 0.150 e. The summed E-state index contributed by atoms with van der Waals surface area (Å²) >= 11 is 1.73. The molecule has 0 aliphatic heterocycles. The summed E-state index contributed by atoms with van der Waals surface area (Å²) in [4.78, 5) is 1.26. The zero-order chi connectivity index (χ0) is 15.0. The Hall–Kier alpha value is -0.520. The number of hydrogen-bond acceptors (Lipinski definition) is 4. The minimum absolute atomic E-state index is 0.232. The van der Waals surface area contributed by atoms with Crippen LogP contribution in [0.3, 0.4) is 0 Å². The average Bonchev–Trinajstić information content (AvgIpc) is 2.46. The zero-order valence-corrected chi connectivity index (χ0v) is 14.2. The summed E-state index contributed by atoms with van der Waals surface area (Å²) in [7, 11) is -2.86. The Kier molecular flexibility index (Phi) is 7.62. The molecule has 0 radical (unpaired) electrons. The number of thioether (sulfide) groups is 1. The second kappa shape index (κ2) is 8.70. The van der Waals surface area contributed by atoms with E-state index >= 15 is 0 Å². The zero-order valence-electron chi connectivity index (χ0n) is 12.6. The standard InChI is InChI=1S/C15H25NO2S2/c1-4-16-14(10-8-12-20(17,18)5-2)13-9-6-7-11-15(13)19-3/h6-7,9,11,14,16H,4-5,8,10,12H2,1-3H3. The Morgan fingerprint density at radius 1 is 1.25 bits per heavy atom. The van der Waals surface area contributed by atoms with Gasteiger partial charge in [0.2, 0.25) is 0 Å². The molecule has 114 valence electrons. The highest BCUT2D eigenvalue weighted by atomic mass is 32.2. The first-order valence-corrected chi connectivity index (χ1v) is 10.1. The van der Waals surface area contributed by atoms with E-state index in [4.69, 9.17) is 0 Å². The van der Waals surface area contributed by atoms with Crippen LogP contribution in [0.1, 0.15) is 38.3 Å². The Balaban J connectivity index is 2.74. The Labute approximate surface area is 127 Å². The summed E-state index contributed by atoms with van der Waals surface area (Å²) in [5.74, 6) is 0.521. The summed E-state index contributed by atoms with van der Waals surface area (Å²) in [6.45, 7) is 4.67. The maximum absolute atomic E-state index is 11.6. The van der Waals surface area contributed by atoms with Gasteiger partial charge in [0, 0.05) is 16.7 Å². The van der Waals surface area contributed by atoms with E-state index in [-0.39, 0.29) is 17.5 Å². The monoisotopic (exact) mass is 315 g/mol. The third-order valence-electron chi connectivity index (χ3n) is 3.35. The normalized spacial score (nSPS) is 13.3. The molecule has 0 bridgehead atoms. The van der Waals surface area contributed by atoms with Crippen molar-refractivity contribution in [1.29, 1.82) is 0 Å². The first kappa shape index (κ1) is 17.5. The van der Waals surface area contributed by atoms with Crippen LogP contribution in [0.15, 0.2) is 29.2 Å². The largest absolute Gasteiger partial charge is 0.310 e. The van der Waals surface area contributed by atoms with E-state index in [9.17, 15) is 8.42 Å². The van der Waals surface area contributed by atoms with E-state index in [0.717, 1.165) is 13.0 Å². The molecular weight excluding hydrogens is 290 g/mol. The number of sulfone groups is 1. The molecule has 1 unspecified atom stereocenters. The van der Waals surface area contributed by atoms with E-state index in [1.165, 1.54) is 10.5 Å². The molecule has 0 saturated carbocycles. The average molecular weight is 316 g/mol. The predicted molar refractivity (Wildman–Crippen MR) is 88.2 cm³/mol. The van der Waals surface area contributed by atoms with Gasteiger partial charge >= 0.3 is 0 Å². The second-order valence-electron chi connectivity index (χ2n) is 4.73. The van der Waals surface area contributed by atoms with Crippen LogP contribution < -0.4 is 5.32 Å². The molecule has 0 saturated heterocycles. The Morgan fingerprint density at radius 3 is 2.55 bits per heavy atom. The highest BCUT2D eigenvalue weighted by molar-refractivity contribution is 7.98. The lowest BCUT2D eigenvalue weighted by Gasteiger charge is -2.20. The van der Waals surface area contributed by atoms with Crippen LogP contribution in [-0.4, -0.2) is 32.7 Å². The van der Waals surface area contributed by atoms with Crippen molar-refractivity contribution >= 4 is 21.6 Å². The maximum Gasteiger partial charge on any atom is 0.150 e. The van der Waals surface area contributed by atoms with Gasteiger partial charge in [-0.1, -0.05) is 32.0 Å². The van der Waals surface area contributed by atoms with Crippen molar-refractivity contribution in [3.63, 3.8) is 0 Å². The van der Waals surface area contributed by atoms with Gasteiger partial charge in [0.1, 0.15) is 9.84 Å². The van der Waals surface area contributed by atoms with Crippen LogP contribution >= 0.6 is 11.8 Å². The molecule has 1 N–H and O–H groups in total. The van der Waals surface area contributed by atoms with Gasteiger partial charge in [-0.3, -0.25) is 0 Å². The summed E-state index contributed by atoms with van der Waals surface area (Å²) in [6.07, 6.45) is 3.63. The first-order chi connectivity index (χ1) is 9.54. The van der Waals surface area contributed by atoms with Gasteiger partial charge in [-0.2, -0.15) is 0 Å². The number of benzene rings is 1. The molecule has 20 heavy (non-hydrogen) atoms. The molecule has 0 heterocycles. The SMILES string of the molecule is CCNC(CCCS(=O)(=O)CC)c1ccccc1SC. The minimum Gasteiger partial charge on any atom is -0.310 e. The lowest BCUT2D eigenvalue weighted by atomic mass is 10.0. The molecule has 0 amide bonds. The molecule has 0 aliphatic rings.